The van der Waals surface area contributed by atoms with Crippen molar-refractivity contribution in [2.75, 3.05) is 20.8 Å². The van der Waals surface area contributed by atoms with Crippen LogP contribution in [0.1, 0.15) is 6.42 Å². The largest absolute Gasteiger partial charge is 0.468 e. The first-order valence-electron chi connectivity index (χ1n) is 7.41. The molecule has 1 N–H and O–H groups in total. The number of rotatable bonds is 4. The zero-order chi connectivity index (χ0) is 15.6. The van der Waals surface area contributed by atoms with E-state index in [0.29, 0.717) is 23.0 Å². The van der Waals surface area contributed by atoms with Crippen LogP contribution in [0, 0.1) is 23.7 Å². The lowest BCUT2D eigenvalue weighted by Crippen LogP contribution is -2.48. The molecule has 0 spiro atoms. The van der Waals surface area contributed by atoms with Gasteiger partial charge in [-0.3, -0.25) is 9.59 Å². The highest BCUT2D eigenvalue weighted by Gasteiger charge is 2.73. The summed E-state index contributed by atoms with van der Waals surface area (Å²) in [7, 11) is 2.57. The van der Waals surface area contributed by atoms with Gasteiger partial charge in [-0.25, -0.2) is 4.79 Å². The summed E-state index contributed by atoms with van der Waals surface area (Å²) in [5.74, 6) is -0.590. The molecule has 3 aliphatic carbocycles. The Morgan fingerprint density at radius 3 is 2.32 bits per heavy atom. The number of esters is 2. The number of epoxide rings is 1. The minimum Gasteiger partial charge on any atom is -0.468 e. The van der Waals surface area contributed by atoms with E-state index in [1.165, 1.54) is 14.2 Å². The van der Waals surface area contributed by atoms with Gasteiger partial charge in [-0.15, -0.1) is 0 Å². The average Bonchev–Trinajstić information content (AvgIpc) is 3.16. The lowest BCUT2D eigenvalue weighted by Gasteiger charge is -2.41. The molecule has 22 heavy (non-hydrogen) atoms. The van der Waals surface area contributed by atoms with Crippen LogP contribution >= 0.6 is 0 Å². The highest BCUT2D eigenvalue weighted by Crippen LogP contribution is 2.69. The zero-order valence-corrected chi connectivity index (χ0v) is 12.3. The minimum absolute atomic E-state index is 0.0560. The standard InChI is InChI=1S/C15H17NO6/c1-20-7(17)4-16-14(18)10-8-5-3-6(13-12(5)22-13)9(8)11(10)15(19)21-2/h5-6,8-9,12-13H,3-4H2,1-2H3,(H,16,18)/t5-,6+,8+,9-,12-,13+/m1/s1. The summed E-state index contributed by atoms with van der Waals surface area (Å²) in [6.07, 6.45) is 1.50. The van der Waals surface area contributed by atoms with Gasteiger partial charge in [0.2, 0.25) is 5.91 Å². The van der Waals surface area contributed by atoms with Crippen LogP contribution in [0.25, 0.3) is 0 Å². The van der Waals surface area contributed by atoms with Crippen molar-refractivity contribution in [1.29, 1.82) is 0 Å². The first-order valence-corrected chi connectivity index (χ1v) is 7.41. The van der Waals surface area contributed by atoms with Crippen LogP contribution in [0.4, 0.5) is 0 Å². The second-order valence-electron chi connectivity index (χ2n) is 6.26. The van der Waals surface area contributed by atoms with Gasteiger partial charge in [0.05, 0.1) is 32.0 Å². The summed E-state index contributed by atoms with van der Waals surface area (Å²) in [5.41, 5.74) is 0.943. The Kier molecular flexibility index (Phi) is 2.84. The highest BCUT2D eigenvalue weighted by molar-refractivity contribution is 6.07. The van der Waals surface area contributed by atoms with Gasteiger partial charge in [0, 0.05) is 17.4 Å². The van der Waals surface area contributed by atoms with Crippen LogP contribution < -0.4 is 5.32 Å². The number of amides is 1. The quantitative estimate of drug-likeness (QED) is 0.551. The third kappa shape index (κ3) is 1.63. The number of carbonyl (C=O) groups excluding carboxylic acids is 3. The molecule has 0 aromatic carbocycles. The Morgan fingerprint density at radius 1 is 1.09 bits per heavy atom. The molecule has 118 valence electrons. The molecule has 4 aliphatic rings. The van der Waals surface area contributed by atoms with Crippen LogP contribution in [-0.4, -0.2) is 50.8 Å². The smallest absolute Gasteiger partial charge is 0.334 e. The molecule has 7 heteroatoms. The average molecular weight is 307 g/mol. The zero-order valence-electron chi connectivity index (χ0n) is 12.3. The molecule has 1 saturated heterocycles. The second-order valence-corrected chi connectivity index (χ2v) is 6.26. The van der Waals surface area contributed by atoms with Crippen LogP contribution in [0.5, 0.6) is 0 Å². The fraction of sp³-hybridized carbons (Fsp3) is 0.667. The molecule has 1 heterocycles. The molecule has 2 bridgehead atoms. The first-order chi connectivity index (χ1) is 10.6. The fourth-order valence-electron chi connectivity index (χ4n) is 4.64. The van der Waals surface area contributed by atoms with Crippen LogP contribution in [0.15, 0.2) is 11.1 Å². The van der Waals surface area contributed by atoms with Crippen LogP contribution in [0.2, 0.25) is 0 Å². The van der Waals surface area contributed by atoms with Gasteiger partial charge in [0.1, 0.15) is 6.54 Å². The Hall–Kier alpha value is -1.89. The molecular weight excluding hydrogens is 290 g/mol. The number of methoxy groups -OCH3 is 2. The molecule has 7 nitrogen and oxygen atoms in total. The summed E-state index contributed by atoms with van der Waals surface area (Å²) in [6, 6.07) is 0. The van der Waals surface area contributed by atoms with E-state index in [9.17, 15) is 14.4 Å². The third-order valence-electron chi connectivity index (χ3n) is 5.49. The van der Waals surface area contributed by atoms with Gasteiger partial charge in [0.15, 0.2) is 0 Å². The molecule has 3 fully saturated rings. The molecule has 0 radical (unpaired) electrons. The topological polar surface area (TPSA) is 94.2 Å². The maximum atomic E-state index is 12.4. The van der Waals surface area contributed by atoms with E-state index < -0.39 is 11.9 Å². The predicted octanol–water partition coefficient (Wildman–Crippen LogP) is -0.592. The van der Waals surface area contributed by atoms with E-state index in [-0.39, 0.29) is 36.5 Å². The first kappa shape index (κ1) is 13.8. The van der Waals surface area contributed by atoms with Crippen molar-refractivity contribution in [3.8, 4) is 0 Å². The molecule has 0 unspecified atom stereocenters. The van der Waals surface area contributed by atoms with Crippen LogP contribution in [0.3, 0.4) is 0 Å². The molecular formula is C15H17NO6. The van der Waals surface area contributed by atoms with Gasteiger partial charge in [-0.1, -0.05) is 0 Å². The van der Waals surface area contributed by atoms with Crippen molar-refractivity contribution in [2.45, 2.75) is 18.6 Å². The number of ether oxygens (including phenoxy) is 3. The van der Waals surface area contributed by atoms with Gasteiger partial charge < -0.3 is 19.5 Å². The van der Waals surface area contributed by atoms with Crippen molar-refractivity contribution >= 4 is 17.8 Å². The lowest BCUT2D eigenvalue weighted by atomic mass is 9.61. The minimum atomic E-state index is -0.525. The van der Waals surface area contributed by atoms with Gasteiger partial charge in [-0.2, -0.15) is 0 Å². The normalized spacial score (nSPS) is 39.5. The van der Waals surface area contributed by atoms with E-state index in [1.54, 1.807) is 0 Å². The van der Waals surface area contributed by atoms with Crippen LogP contribution in [-0.2, 0) is 28.6 Å². The van der Waals surface area contributed by atoms with Gasteiger partial charge >= 0.3 is 11.9 Å². The van der Waals surface area contributed by atoms with Crippen molar-refractivity contribution in [1.82, 2.24) is 5.32 Å². The SMILES string of the molecule is COC(=O)CNC(=O)C1=C(C(=O)OC)[C@@H]2[C@@H]3C[C@@H]([C@H]4O[C@@H]34)[C@H]12. The lowest BCUT2D eigenvalue weighted by molar-refractivity contribution is -0.141. The Labute approximate surface area is 127 Å². The van der Waals surface area contributed by atoms with Crippen molar-refractivity contribution in [2.24, 2.45) is 23.7 Å². The summed E-state index contributed by atoms with van der Waals surface area (Å²) in [6.45, 7) is -0.207. The molecule has 4 rings (SSSR count). The Balaban J connectivity index is 1.59. The van der Waals surface area contributed by atoms with E-state index >= 15 is 0 Å². The highest BCUT2D eigenvalue weighted by atomic mass is 16.6. The summed E-state index contributed by atoms with van der Waals surface area (Å²) in [5, 5.41) is 2.52. The van der Waals surface area contributed by atoms with E-state index in [2.05, 4.69) is 10.1 Å². The summed E-state index contributed by atoms with van der Waals surface area (Å²) >= 11 is 0. The number of fused-ring (bicyclic) bond motifs is 8. The summed E-state index contributed by atoms with van der Waals surface area (Å²) < 4.78 is 15.0. The van der Waals surface area contributed by atoms with Crippen molar-refractivity contribution in [3.63, 3.8) is 0 Å². The predicted molar refractivity (Wildman–Crippen MR) is 71.3 cm³/mol. The van der Waals surface area contributed by atoms with E-state index in [4.69, 9.17) is 9.47 Å². The number of hydrogen-bond acceptors (Lipinski definition) is 6. The van der Waals surface area contributed by atoms with Crippen molar-refractivity contribution in [3.05, 3.63) is 11.1 Å². The fourth-order valence-corrected chi connectivity index (χ4v) is 4.64. The second kappa shape index (κ2) is 4.55. The number of nitrogens with one attached hydrogen (secondary N) is 1. The monoisotopic (exact) mass is 307 g/mol. The van der Waals surface area contributed by atoms with Gasteiger partial charge in [-0.05, 0) is 18.3 Å². The molecule has 6 atom stereocenters. The molecule has 1 amide bonds. The van der Waals surface area contributed by atoms with Crippen molar-refractivity contribution < 1.29 is 28.6 Å². The molecule has 0 aromatic rings. The summed E-state index contributed by atoms with van der Waals surface area (Å²) in [4.78, 5) is 35.6. The molecule has 0 aromatic heterocycles. The Morgan fingerprint density at radius 2 is 1.73 bits per heavy atom. The number of hydrogen-bond donors (Lipinski definition) is 1. The maximum Gasteiger partial charge on any atom is 0.334 e. The Bertz CT molecular complexity index is 611. The maximum absolute atomic E-state index is 12.4. The number of carbonyl (C=O) groups is 3. The van der Waals surface area contributed by atoms with E-state index in [1.807, 2.05) is 0 Å². The third-order valence-corrected chi connectivity index (χ3v) is 5.49. The molecule has 2 saturated carbocycles. The molecule has 1 aliphatic heterocycles. The van der Waals surface area contributed by atoms with Gasteiger partial charge in [0.25, 0.3) is 0 Å². The van der Waals surface area contributed by atoms with E-state index in [0.717, 1.165) is 6.42 Å².